The van der Waals surface area contributed by atoms with Gasteiger partial charge in [0.1, 0.15) is 0 Å². The number of hydrogen-bond acceptors (Lipinski definition) is 4. The molecule has 0 unspecified atom stereocenters. The summed E-state index contributed by atoms with van der Waals surface area (Å²) >= 11 is 1.74. The number of nitrogens with one attached hydrogen (secondary N) is 1. The summed E-state index contributed by atoms with van der Waals surface area (Å²) in [5.41, 5.74) is 3.17. The van der Waals surface area contributed by atoms with Gasteiger partial charge in [0.05, 0.1) is 5.69 Å². The highest BCUT2D eigenvalue weighted by molar-refractivity contribution is 7.10. The summed E-state index contributed by atoms with van der Waals surface area (Å²) in [6.45, 7) is 4.09. The fourth-order valence-electron chi connectivity index (χ4n) is 1.47. The topological polar surface area (TPSA) is 37.8 Å². The van der Waals surface area contributed by atoms with Crippen LogP contribution in [0.5, 0.6) is 0 Å². The number of thiophene rings is 1. The van der Waals surface area contributed by atoms with Crippen LogP contribution in [0.25, 0.3) is 11.3 Å². The minimum Gasteiger partial charge on any atom is -0.357 e. The molecule has 0 saturated heterocycles. The van der Waals surface area contributed by atoms with E-state index < -0.39 is 0 Å². The van der Waals surface area contributed by atoms with Gasteiger partial charge in [-0.25, -0.2) is 9.97 Å². The first-order valence-electron chi connectivity index (χ1n) is 4.78. The molecule has 0 aliphatic rings. The van der Waals surface area contributed by atoms with Gasteiger partial charge in [-0.15, -0.1) is 11.3 Å². The van der Waals surface area contributed by atoms with E-state index in [0.29, 0.717) is 5.95 Å². The highest BCUT2D eigenvalue weighted by atomic mass is 32.1. The molecule has 0 aromatic carbocycles. The Bertz CT molecular complexity index is 476. The van der Waals surface area contributed by atoms with Crippen molar-refractivity contribution in [3.05, 3.63) is 28.1 Å². The highest BCUT2D eigenvalue weighted by Gasteiger charge is 2.06. The highest BCUT2D eigenvalue weighted by Crippen LogP contribution is 2.26. The Hall–Kier alpha value is -1.42. The van der Waals surface area contributed by atoms with Gasteiger partial charge in [0, 0.05) is 23.2 Å². The third-order valence-corrected chi connectivity index (χ3v) is 3.06. The number of anilines is 1. The van der Waals surface area contributed by atoms with E-state index in [4.69, 9.17) is 0 Å². The van der Waals surface area contributed by atoms with Crippen molar-refractivity contribution in [3.63, 3.8) is 0 Å². The molecule has 78 valence electrons. The van der Waals surface area contributed by atoms with Gasteiger partial charge in [-0.1, -0.05) is 0 Å². The summed E-state index contributed by atoms with van der Waals surface area (Å²) in [5, 5.41) is 5.06. The van der Waals surface area contributed by atoms with Crippen LogP contribution in [0, 0.1) is 13.8 Å². The fourth-order valence-corrected chi connectivity index (χ4v) is 2.18. The smallest absolute Gasteiger partial charge is 0.223 e. The van der Waals surface area contributed by atoms with Crippen molar-refractivity contribution >= 4 is 17.3 Å². The molecule has 0 bridgehead atoms. The molecule has 0 atom stereocenters. The molecular formula is C11H13N3S. The molecule has 0 fully saturated rings. The molecule has 0 amide bonds. The molecule has 0 spiro atoms. The van der Waals surface area contributed by atoms with Crippen LogP contribution in [0.15, 0.2) is 17.5 Å². The number of aromatic nitrogens is 2. The van der Waals surface area contributed by atoms with Gasteiger partial charge in [-0.2, -0.15) is 0 Å². The van der Waals surface area contributed by atoms with Gasteiger partial charge in [0.25, 0.3) is 0 Å². The lowest BCUT2D eigenvalue weighted by Gasteiger charge is -2.04. The van der Waals surface area contributed by atoms with E-state index in [2.05, 4.69) is 33.7 Å². The Labute approximate surface area is 93.2 Å². The number of aryl methyl sites for hydroxylation is 2. The monoisotopic (exact) mass is 219 g/mol. The van der Waals surface area contributed by atoms with Crippen molar-refractivity contribution in [1.29, 1.82) is 0 Å². The Morgan fingerprint density at radius 2 is 2.07 bits per heavy atom. The Morgan fingerprint density at radius 3 is 2.67 bits per heavy atom. The van der Waals surface area contributed by atoms with Gasteiger partial charge in [-0.3, -0.25) is 0 Å². The van der Waals surface area contributed by atoms with Crippen LogP contribution in [0.1, 0.15) is 10.6 Å². The lowest BCUT2D eigenvalue weighted by Crippen LogP contribution is -1.99. The molecule has 1 N–H and O–H groups in total. The molecule has 15 heavy (non-hydrogen) atoms. The zero-order valence-corrected chi connectivity index (χ0v) is 9.85. The standard InChI is InChI=1S/C11H13N3S/c1-7-6-10(14-11(12-3)13-7)9-4-5-15-8(9)2/h4-6H,1-3H3,(H,12,13,14). The summed E-state index contributed by atoms with van der Waals surface area (Å²) < 4.78 is 0. The molecule has 0 aliphatic heterocycles. The largest absolute Gasteiger partial charge is 0.357 e. The van der Waals surface area contributed by atoms with Crippen LogP contribution in [0.4, 0.5) is 5.95 Å². The van der Waals surface area contributed by atoms with E-state index in [0.717, 1.165) is 11.4 Å². The van der Waals surface area contributed by atoms with E-state index >= 15 is 0 Å². The fraction of sp³-hybridized carbons (Fsp3) is 0.273. The number of rotatable bonds is 2. The maximum atomic E-state index is 4.44. The third kappa shape index (κ3) is 1.99. The molecular weight excluding hydrogens is 206 g/mol. The van der Waals surface area contributed by atoms with E-state index in [-0.39, 0.29) is 0 Å². The van der Waals surface area contributed by atoms with Gasteiger partial charge >= 0.3 is 0 Å². The predicted molar refractivity (Wildman–Crippen MR) is 64.4 cm³/mol. The summed E-state index contributed by atoms with van der Waals surface area (Å²) in [4.78, 5) is 10.0. The maximum absolute atomic E-state index is 4.44. The van der Waals surface area contributed by atoms with Crippen molar-refractivity contribution in [2.45, 2.75) is 13.8 Å². The minimum absolute atomic E-state index is 0.676. The molecule has 0 aliphatic carbocycles. The lowest BCUT2D eigenvalue weighted by molar-refractivity contribution is 1.10. The summed E-state index contributed by atoms with van der Waals surface area (Å²) in [7, 11) is 1.83. The van der Waals surface area contributed by atoms with E-state index in [1.165, 1.54) is 10.4 Å². The molecule has 0 saturated carbocycles. The van der Waals surface area contributed by atoms with Crippen molar-refractivity contribution in [1.82, 2.24) is 9.97 Å². The van der Waals surface area contributed by atoms with E-state index in [1.54, 1.807) is 11.3 Å². The second kappa shape index (κ2) is 3.98. The summed E-state index contributed by atoms with van der Waals surface area (Å²) in [6, 6.07) is 4.11. The van der Waals surface area contributed by atoms with Crippen LogP contribution in [0.2, 0.25) is 0 Å². The average Bonchev–Trinajstić information content (AvgIpc) is 2.63. The Morgan fingerprint density at radius 1 is 1.27 bits per heavy atom. The normalized spacial score (nSPS) is 10.3. The SMILES string of the molecule is CNc1nc(C)cc(-c2ccsc2C)n1. The number of hydrogen-bond donors (Lipinski definition) is 1. The van der Waals surface area contributed by atoms with Crippen molar-refractivity contribution in [2.24, 2.45) is 0 Å². The second-order valence-electron chi connectivity index (χ2n) is 3.36. The molecule has 3 nitrogen and oxygen atoms in total. The van der Waals surface area contributed by atoms with E-state index in [9.17, 15) is 0 Å². The Kier molecular flexibility index (Phi) is 2.68. The Balaban J connectivity index is 2.53. The van der Waals surface area contributed by atoms with Crippen LogP contribution in [-0.2, 0) is 0 Å². The van der Waals surface area contributed by atoms with Crippen LogP contribution in [-0.4, -0.2) is 17.0 Å². The zero-order valence-electron chi connectivity index (χ0n) is 9.03. The van der Waals surface area contributed by atoms with Crippen LogP contribution in [0.3, 0.4) is 0 Å². The van der Waals surface area contributed by atoms with E-state index in [1.807, 2.05) is 20.0 Å². The average molecular weight is 219 g/mol. The quantitative estimate of drug-likeness (QED) is 0.844. The van der Waals surface area contributed by atoms with Gasteiger partial charge in [0.2, 0.25) is 5.95 Å². The molecule has 2 aromatic rings. The molecule has 2 rings (SSSR count). The van der Waals surface area contributed by atoms with Crippen molar-refractivity contribution < 1.29 is 0 Å². The molecule has 4 heteroatoms. The van der Waals surface area contributed by atoms with Crippen molar-refractivity contribution in [2.75, 3.05) is 12.4 Å². The minimum atomic E-state index is 0.676. The lowest BCUT2D eigenvalue weighted by atomic mass is 10.2. The predicted octanol–water partition coefficient (Wildman–Crippen LogP) is 2.86. The summed E-state index contributed by atoms with van der Waals surface area (Å²) in [5.74, 6) is 0.676. The maximum Gasteiger partial charge on any atom is 0.223 e. The van der Waals surface area contributed by atoms with Gasteiger partial charge in [0.15, 0.2) is 0 Å². The first kappa shape index (κ1) is 10.1. The second-order valence-corrected chi connectivity index (χ2v) is 4.48. The first-order chi connectivity index (χ1) is 7.20. The molecule has 2 aromatic heterocycles. The van der Waals surface area contributed by atoms with Crippen LogP contribution >= 0.6 is 11.3 Å². The van der Waals surface area contributed by atoms with Gasteiger partial charge < -0.3 is 5.32 Å². The van der Waals surface area contributed by atoms with Crippen molar-refractivity contribution in [3.8, 4) is 11.3 Å². The summed E-state index contributed by atoms with van der Waals surface area (Å²) in [6.07, 6.45) is 0. The van der Waals surface area contributed by atoms with Gasteiger partial charge in [-0.05, 0) is 31.4 Å². The first-order valence-corrected chi connectivity index (χ1v) is 5.66. The third-order valence-electron chi connectivity index (χ3n) is 2.21. The molecule has 2 heterocycles. The molecule has 0 radical (unpaired) electrons. The van der Waals surface area contributed by atoms with Crippen LogP contribution < -0.4 is 5.32 Å². The zero-order chi connectivity index (χ0) is 10.8. The number of nitrogens with zero attached hydrogens (tertiary/aromatic N) is 2.